The molecule has 2 aromatic heterocycles. The van der Waals surface area contributed by atoms with Crippen LogP contribution < -0.4 is 11.1 Å². The van der Waals surface area contributed by atoms with Gasteiger partial charge in [0, 0.05) is 11.8 Å². The van der Waals surface area contributed by atoms with Crippen molar-refractivity contribution in [2.24, 2.45) is 0 Å². The van der Waals surface area contributed by atoms with E-state index >= 15 is 0 Å². The lowest BCUT2D eigenvalue weighted by Gasteiger charge is -2.23. The molecular formula is C23H19F4N5O2. The van der Waals surface area contributed by atoms with Crippen molar-refractivity contribution in [1.29, 1.82) is 0 Å². The van der Waals surface area contributed by atoms with Gasteiger partial charge in [-0.2, -0.15) is 4.98 Å². The lowest BCUT2D eigenvalue weighted by atomic mass is 9.99. The van der Waals surface area contributed by atoms with Gasteiger partial charge in [0.25, 0.3) is 11.8 Å². The molecule has 0 fully saturated rings. The summed E-state index contributed by atoms with van der Waals surface area (Å²) in [6.07, 6.45) is -0.719. The van der Waals surface area contributed by atoms with Crippen molar-refractivity contribution in [3.8, 4) is 11.1 Å². The lowest BCUT2D eigenvalue weighted by Crippen LogP contribution is -2.41. The molecule has 4 N–H and O–H groups in total. The molecular weight excluding hydrogens is 454 g/mol. The molecule has 0 saturated heterocycles. The number of pyridine rings is 1. The third-order valence-electron chi connectivity index (χ3n) is 5.35. The molecule has 0 spiro atoms. The topological polar surface area (TPSA) is 106 Å². The van der Waals surface area contributed by atoms with Crippen LogP contribution in [0.1, 0.15) is 27.6 Å². The van der Waals surface area contributed by atoms with Crippen molar-refractivity contribution in [3.05, 3.63) is 83.1 Å². The maximum absolute atomic E-state index is 14.6. The average molecular weight is 473 g/mol. The van der Waals surface area contributed by atoms with Crippen LogP contribution in [0.5, 0.6) is 0 Å². The number of hydrogen-bond donors (Lipinski definition) is 3. The van der Waals surface area contributed by atoms with Crippen LogP contribution in [0.3, 0.4) is 0 Å². The van der Waals surface area contributed by atoms with E-state index in [1.165, 1.54) is 23.6 Å². The number of aromatic nitrogens is 3. The van der Waals surface area contributed by atoms with Gasteiger partial charge in [-0.1, -0.05) is 12.1 Å². The predicted molar refractivity (Wildman–Crippen MR) is 116 cm³/mol. The molecule has 2 aromatic carbocycles. The summed E-state index contributed by atoms with van der Waals surface area (Å²) in [5.74, 6) is -6.01. The Morgan fingerprint density at radius 1 is 1.15 bits per heavy atom. The number of anilines is 1. The molecule has 0 aliphatic heterocycles. The second-order valence-electron chi connectivity index (χ2n) is 7.72. The third-order valence-corrected chi connectivity index (χ3v) is 5.35. The van der Waals surface area contributed by atoms with E-state index in [4.69, 9.17) is 5.73 Å². The molecule has 4 rings (SSSR count). The number of amides is 1. The highest BCUT2D eigenvalue weighted by molar-refractivity contribution is 5.97. The number of nitrogen functional groups attached to an aromatic ring is 1. The second kappa shape index (κ2) is 8.75. The summed E-state index contributed by atoms with van der Waals surface area (Å²) >= 11 is 0. The van der Waals surface area contributed by atoms with E-state index in [0.29, 0.717) is 16.8 Å². The van der Waals surface area contributed by atoms with E-state index < -0.39 is 36.1 Å². The van der Waals surface area contributed by atoms with E-state index in [1.54, 1.807) is 18.3 Å². The zero-order valence-corrected chi connectivity index (χ0v) is 17.8. The summed E-state index contributed by atoms with van der Waals surface area (Å²) in [6.45, 7) is 0.128. The van der Waals surface area contributed by atoms with Crippen molar-refractivity contribution in [2.75, 3.05) is 12.3 Å². The number of nitrogens with one attached hydrogen (secondary N) is 1. The van der Waals surface area contributed by atoms with Gasteiger partial charge in [0.1, 0.15) is 17.7 Å². The van der Waals surface area contributed by atoms with Crippen molar-refractivity contribution >= 4 is 17.5 Å². The second-order valence-corrected chi connectivity index (χ2v) is 7.72. The summed E-state index contributed by atoms with van der Waals surface area (Å²) < 4.78 is 58.0. The molecule has 0 radical (unpaired) electrons. The normalized spacial score (nSPS) is 12.6. The van der Waals surface area contributed by atoms with Gasteiger partial charge < -0.3 is 16.2 Å². The van der Waals surface area contributed by atoms with Crippen LogP contribution in [-0.2, 0) is 0 Å². The van der Waals surface area contributed by atoms with E-state index in [9.17, 15) is 27.5 Å². The highest BCUT2D eigenvalue weighted by Crippen LogP contribution is 2.31. The standard InChI is InChI=1S/C23H19F4N5O2/c1-12-17(21(34)29-11-23(26,27)20(33)13-2-4-16(24)5-3-13)8-15(9-18(12)25)14-6-7-32-19(10-14)30-22(28)31-32/h2-10,20,33H,11H2,1H3,(H2,28,31)(H,29,34)/t20-/m1/s1. The van der Waals surface area contributed by atoms with E-state index in [2.05, 4.69) is 10.1 Å². The zero-order chi connectivity index (χ0) is 24.6. The van der Waals surface area contributed by atoms with Crippen LogP contribution in [0.4, 0.5) is 23.5 Å². The van der Waals surface area contributed by atoms with Crippen LogP contribution in [-0.4, -0.2) is 38.1 Å². The first-order valence-corrected chi connectivity index (χ1v) is 10.1. The number of carbonyl (C=O) groups excluding carboxylic acids is 1. The number of fused-ring (bicyclic) bond motifs is 1. The first-order chi connectivity index (χ1) is 16.0. The molecule has 1 atom stereocenters. The molecule has 11 heteroatoms. The Morgan fingerprint density at radius 3 is 2.56 bits per heavy atom. The Hall–Kier alpha value is -3.99. The highest BCUT2D eigenvalue weighted by atomic mass is 19.3. The number of rotatable bonds is 6. The minimum absolute atomic E-state index is 0.0311. The van der Waals surface area contributed by atoms with E-state index in [-0.39, 0.29) is 22.6 Å². The Bertz CT molecular complexity index is 1370. The molecule has 0 aliphatic carbocycles. The first kappa shape index (κ1) is 23.2. The van der Waals surface area contributed by atoms with Gasteiger partial charge in [-0.15, -0.1) is 5.10 Å². The molecule has 176 valence electrons. The molecule has 34 heavy (non-hydrogen) atoms. The molecule has 2 heterocycles. The van der Waals surface area contributed by atoms with Crippen LogP contribution in [0.25, 0.3) is 16.8 Å². The van der Waals surface area contributed by atoms with Crippen molar-refractivity contribution in [1.82, 2.24) is 19.9 Å². The van der Waals surface area contributed by atoms with Gasteiger partial charge in [0.2, 0.25) is 5.95 Å². The number of carbonyl (C=O) groups is 1. The number of aliphatic hydroxyl groups is 1. The Balaban J connectivity index is 1.56. The predicted octanol–water partition coefficient (Wildman–Crippen LogP) is 3.66. The van der Waals surface area contributed by atoms with Gasteiger partial charge >= 0.3 is 0 Å². The minimum Gasteiger partial charge on any atom is -0.382 e. The molecule has 4 aromatic rings. The quantitative estimate of drug-likeness (QED) is 0.371. The SMILES string of the molecule is Cc1c(F)cc(-c2ccn3nc(N)nc3c2)cc1C(=O)NCC(F)(F)[C@H](O)c1ccc(F)cc1. The molecule has 7 nitrogen and oxygen atoms in total. The fourth-order valence-corrected chi connectivity index (χ4v) is 3.44. The van der Waals surface area contributed by atoms with Crippen molar-refractivity contribution in [3.63, 3.8) is 0 Å². The van der Waals surface area contributed by atoms with Crippen LogP contribution in [0.15, 0.2) is 54.7 Å². The first-order valence-electron chi connectivity index (χ1n) is 10.1. The average Bonchev–Trinajstić information content (AvgIpc) is 3.18. The number of aliphatic hydroxyl groups excluding tert-OH is 1. The smallest absolute Gasteiger partial charge is 0.294 e. The Kier molecular flexibility index (Phi) is 5.96. The number of halogens is 4. The number of nitrogens with zero attached hydrogens (tertiary/aromatic N) is 3. The number of hydrogen-bond acceptors (Lipinski definition) is 5. The monoisotopic (exact) mass is 473 g/mol. The van der Waals surface area contributed by atoms with Gasteiger partial charge in [-0.3, -0.25) is 4.79 Å². The molecule has 0 unspecified atom stereocenters. The van der Waals surface area contributed by atoms with E-state index in [1.807, 2.05) is 5.32 Å². The largest absolute Gasteiger partial charge is 0.382 e. The lowest BCUT2D eigenvalue weighted by molar-refractivity contribution is -0.106. The van der Waals surface area contributed by atoms with Gasteiger partial charge in [0.15, 0.2) is 5.65 Å². The summed E-state index contributed by atoms with van der Waals surface area (Å²) in [7, 11) is 0. The highest BCUT2D eigenvalue weighted by Gasteiger charge is 2.40. The summed E-state index contributed by atoms with van der Waals surface area (Å²) in [4.78, 5) is 16.7. The van der Waals surface area contributed by atoms with Gasteiger partial charge in [0.05, 0.1) is 6.54 Å². The molecule has 0 saturated carbocycles. The number of benzene rings is 2. The van der Waals surface area contributed by atoms with Crippen molar-refractivity contribution < 1.29 is 27.5 Å². The number of nitrogens with two attached hydrogens (primary N) is 1. The maximum atomic E-state index is 14.6. The van der Waals surface area contributed by atoms with Gasteiger partial charge in [-0.05, 0) is 65.6 Å². The number of alkyl halides is 2. The summed E-state index contributed by atoms with van der Waals surface area (Å²) in [5, 5.41) is 16.0. The fraction of sp³-hybridized carbons (Fsp3) is 0.174. The Morgan fingerprint density at radius 2 is 1.85 bits per heavy atom. The molecule has 1 amide bonds. The summed E-state index contributed by atoms with van der Waals surface area (Å²) in [5.41, 5.74) is 6.39. The van der Waals surface area contributed by atoms with Crippen LogP contribution in [0, 0.1) is 18.6 Å². The van der Waals surface area contributed by atoms with Crippen LogP contribution in [0.2, 0.25) is 0 Å². The third kappa shape index (κ3) is 4.55. The van der Waals surface area contributed by atoms with E-state index in [0.717, 1.165) is 24.3 Å². The summed E-state index contributed by atoms with van der Waals surface area (Å²) in [6, 6.07) is 9.71. The van der Waals surface area contributed by atoms with Crippen LogP contribution >= 0.6 is 0 Å². The molecule has 0 bridgehead atoms. The Labute approximate surface area is 190 Å². The fourth-order valence-electron chi connectivity index (χ4n) is 3.44. The zero-order valence-electron chi connectivity index (χ0n) is 17.8. The molecule has 0 aliphatic rings. The van der Waals surface area contributed by atoms with Gasteiger partial charge in [-0.25, -0.2) is 22.1 Å². The minimum atomic E-state index is -3.77. The van der Waals surface area contributed by atoms with Crippen molar-refractivity contribution in [2.45, 2.75) is 19.0 Å². The maximum Gasteiger partial charge on any atom is 0.294 e.